The van der Waals surface area contributed by atoms with Gasteiger partial charge in [0.25, 0.3) is 17.5 Å². The molecule has 8 nitrogen and oxygen atoms in total. The van der Waals surface area contributed by atoms with Gasteiger partial charge in [0.15, 0.2) is 6.10 Å². The molecule has 0 fully saturated rings. The maximum Gasteiger partial charge on any atom is 0.265 e. The van der Waals surface area contributed by atoms with Crippen LogP contribution in [0.15, 0.2) is 28.8 Å². The van der Waals surface area contributed by atoms with E-state index in [1.165, 1.54) is 0 Å². The molecular formula is C18H16N4O4. The third kappa shape index (κ3) is 2.65. The number of hydrogen-bond donors (Lipinski definition) is 2. The molecule has 2 amide bonds. The van der Waals surface area contributed by atoms with Gasteiger partial charge in [0.2, 0.25) is 0 Å². The summed E-state index contributed by atoms with van der Waals surface area (Å²) in [6.45, 7) is 5.21. The second-order valence-electron chi connectivity index (χ2n) is 6.17. The van der Waals surface area contributed by atoms with E-state index < -0.39 is 6.10 Å². The van der Waals surface area contributed by atoms with Crippen molar-refractivity contribution in [1.82, 2.24) is 10.1 Å². The highest BCUT2D eigenvalue weighted by Crippen LogP contribution is 2.32. The Morgan fingerprint density at radius 1 is 1.27 bits per heavy atom. The summed E-state index contributed by atoms with van der Waals surface area (Å²) in [6.07, 6.45) is -0.549. The lowest BCUT2D eigenvalue weighted by Crippen LogP contribution is -2.34. The second kappa shape index (κ2) is 5.83. The molecule has 8 heteroatoms. The van der Waals surface area contributed by atoms with E-state index in [-0.39, 0.29) is 11.8 Å². The van der Waals surface area contributed by atoms with Gasteiger partial charge in [0, 0.05) is 11.4 Å². The lowest BCUT2D eigenvalue weighted by molar-refractivity contribution is -0.122. The molecule has 26 heavy (non-hydrogen) atoms. The van der Waals surface area contributed by atoms with Gasteiger partial charge in [0.05, 0.1) is 22.3 Å². The van der Waals surface area contributed by atoms with E-state index in [0.717, 1.165) is 0 Å². The summed E-state index contributed by atoms with van der Waals surface area (Å²) in [7, 11) is 0. The van der Waals surface area contributed by atoms with Crippen LogP contribution in [0.3, 0.4) is 0 Å². The SMILES string of the molecule is Cc1cc(C(=O)Nc2ccc3c(c2)NC(=O)[C@H](C)O3)c2c(C)noc2n1. The number of benzene rings is 1. The zero-order chi connectivity index (χ0) is 18.4. The summed E-state index contributed by atoms with van der Waals surface area (Å²) in [5, 5.41) is 10.0. The van der Waals surface area contributed by atoms with Crippen LogP contribution in [0, 0.1) is 13.8 Å². The molecule has 0 bridgehead atoms. The highest BCUT2D eigenvalue weighted by Gasteiger charge is 2.24. The summed E-state index contributed by atoms with van der Waals surface area (Å²) in [5.74, 6) is 0.0165. The van der Waals surface area contributed by atoms with Gasteiger partial charge in [-0.05, 0) is 45.0 Å². The first-order chi connectivity index (χ1) is 12.4. The second-order valence-corrected chi connectivity index (χ2v) is 6.17. The third-order valence-electron chi connectivity index (χ3n) is 4.16. The predicted octanol–water partition coefficient (Wildman–Crippen LogP) is 2.81. The van der Waals surface area contributed by atoms with Crippen LogP contribution in [0.2, 0.25) is 0 Å². The highest BCUT2D eigenvalue weighted by molar-refractivity contribution is 6.12. The van der Waals surface area contributed by atoms with Crippen LogP contribution in [0.4, 0.5) is 11.4 Å². The van der Waals surface area contributed by atoms with Crippen molar-refractivity contribution in [2.75, 3.05) is 10.6 Å². The molecule has 1 aliphatic heterocycles. The Balaban J connectivity index is 1.67. The first kappa shape index (κ1) is 16.1. The number of hydrogen-bond acceptors (Lipinski definition) is 6. The number of nitrogens with zero attached hydrogens (tertiary/aromatic N) is 2. The fourth-order valence-corrected chi connectivity index (χ4v) is 2.88. The van der Waals surface area contributed by atoms with E-state index in [1.807, 2.05) is 0 Å². The van der Waals surface area contributed by atoms with Gasteiger partial charge in [-0.3, -0.25) is 9.59 Å². The van der Waals surface area contributed by atoms with E-state index in [1.54, 1.807) is 45.0 Å². The molecule has 0 spiro atoms. The standard InChI is InChI=1S/C18H16N4O4/c1-8-6-12(15-9(2)22-26-18(15)19-8)17(24)20-11-4-5-14-13(7-11)21-16(23)10(3)25-14/h4-7,10H,1-3H3,(H,20,24)(H,21,23)/t10-/m0/s1. The van der Waals surface area contributed by atoms with Crippen molar-refractivity contribution in [3.05, 3.63) is 41.2 Å². The van der Waals surface area contributed by atoms with Gasteiger partial charge in [-0.2, -0.15) is 0 Å². The van der Waals surface area contributed by atoms with Crippen LogP contribution in [0.1, 0.15) is 28.7 Å². The molecule has 4 rings (SSSR count). The number of pyridine rings is 1. The first-order valence-corrected chi connectivity index (χ1v) is 8.09. The molecular weight excluding hydrogens is 336 g/mol. The smallest absolute Gasteiger partial charge is 0.265 e. The number of ether oxygens (including phenoxy) is 1. The highest BCUT2D eigenvalue weighted by atomic mass is 16.5. The fourth-order valence-electron chi connectivity index (χ4n) is 2.88. The van der Waals surface area contributed by atoms with Crippen LogP contribution >= 0.6 is 0 Å². The topological polar surface area (TPSA) is 106 Å². The average molecular weight is 352 g/mol. The van der Waals surface area contributed by atoms with Crippen molar-refractivity contribution in [1.29, 1.82) is 0 Å². The number of anilines is 2. The minimum atomic E-state index is -0.549. The summed E-state index contributed by atoms with van der Waals surface area (Å²) in [6, 6.07) is 6.77. The molecule has 0 saturated carbocycles. The quantitative estimate of drug-likeness (QED) is 0.734. The van der Waals surface area contributed by atoms with E-state index in [2.05, 4.69) is 20.8 Å². The van der Waals surface area contributed by atoms with Gasteiger partial charge >= 0.3 is 0 Å². The fraction of sp³-hybridized carbons (Fsp3) is 0.222. The molecule has 1 aromatic carbocycles. The molecule has 132 valence electrons. The average Bonchev–Trinajstić information content (AvgIpc) is 2.96. The summed E-state index contributed by atoms with van der Waals surface area (Å²) < 4.78 is 10.7. The molecule has 0 unspecified atom stereocenters. The Bertz CT molecular complexity index is 1060. The van der Waals surface area contributed by atoms with Crippen LogP contribution in [0.5, 0.6) is 5.75 Å². The Labute approximate surface area is 148 Å². The summed E-state index contributed by atoms with van der Waals surface area (Å²) in [4.78, 5) is 28.8. The predicted molar refractivity (Wildman–Crippen MR) is 94.4 cm³/mol. The number of nitrogens with one attached hydrogen (secondary N) is 2. The minimum Gasteiger partial charge on any atom is -0.479 e. The third-order valence-corrected chi connectivity index (χ3v) is 4.16. The Hall–Kier alpha value is -3.42. The van der Waals surface area contributed by atoms with E-state index in [0.29, 0.717) is 45.2 Å². The van der Waals surface area contributed by atoms with Gasteiger partial charge in [-0.1, -0.05) is 5.16 Å². The van der Waals surface area contributed by atoms with Crippen molar-refractivity contribution in [2.24, 2.45) is 0 Å². The Kier molecular flexibility index (Phi) is 3.61. The van der Waals surface area contributed by atoms with Crippen molar-refractivity contribution < 1.29 is 18.8 Å². The maximum absolute atomic E-state index is 12.8. The Morgan fingerprint density at radius 3 is 2.88 bits per heavy atom. The Morgan fingerprint density at radius 2 is 2.08 bits per heavy atom. The summed E-state index contributed by atoms with van der Waals surface area (Å²) >= 11 is 0. The minimum absolute atomic E-state index is 0.229. The molecule has 1 atom stereocenters. The maximum atomic E-state index is 12.8. The lowest BCUT2D eigenvalue weighted by atomic mass is 10.1. The number of amides is 2. The molecule has 0 saturated heterocycles. The number of rotatable bonds is 2. The van der Waals surface area contributed by atoms with E-state index in [4.69, 9.17) is 9.26 Å². The lowest BCUT2D eigenvalue weighted by Gasteiger charge is -2.23. The normalized spacial score (nSPS) is 16.0. The molecule has 3 heterocycles. The molecule has 0 radical (unpaired) electrons. The monoisotopic (exact) mass is 352 g/mol. The molecule has 2 N–H and O–H groups in total. The van der Waals surface area contributed by atoms with Crippen LogP contribution in [0.25, 0.3) is 11.1 Å². The van der Waals surface area contributed by atoms with E-state index >= 15 is 0 Å². The van der Waals surface area contributed by atoms with Crippen molar-refractivity contribution in [3.63, 3.8) is 0 Å². The van der Waals surface area contributed by atoms with Crippen molar-refractivity contribution >= 4 is 34.3 Å². The molecule has 3 aromatic rings. The van der Waals surface area contributed by atoms with Gasteiger partial charge in [-0.15, -0.1) is 0 Å². The van der Waals surface area contributed by atoms with Gasteiger partial charge < -0.3 is 19.9 Å². The number of carbonyl (C=O) groups is 2. The van der Waals surface area contributed by atoms with Crippen LogP contribution in [-0.4, -0.2) is 28.1 Å². The number of aryl methyl sites for hydroxylation is 2. The van der Waals surface area contributed by atoms with E-state index in [9.17, 15) is 9.59 Å². The molecule has 1 aliphatic rings. The summed E-state index contributed by atoms with van der Waals surface area (Å²) in [5.41, 5.74) is 3.05. The zero-order valence-electron chi connectivity index (χ0n) is 14.4. The van der Waals surface area contributed by atoms with Gasteiger partial charge in [0.1, 0.15) is 5.75 Å². The molecule has 2 aromatic heterocycles. The molecule has 0 aliphatic carbocycles. The number of fused-ring (bicyclic) bond motifs is 2. The van der Waals surface area contributed by atoms with Crippen molar-refractivity contribution in [3.8, 4) is 5.75 Å². The first-order valence-electron chi connectivity index (χ1n) is 8.09. The number of carbonyl (C=O) groups excluding carboxylic acids is 2. The number of aromatic nitrogens is 2. The van der Waals surface area contributed by atoms with Gasteiger partial charge in [-0.25, -0.2) is 4.98 Å². The van der Waals surface area contributed by atoms with Crippen LogP contribution < -0.4 is 15.4 Å². The largest absolute Gasteiger partial charge is 0.479 e. The van der Waals surface area contributed by atoms with Crippen LogP contribution in [-0.2, 0) is 4.79 Å². The zero-order valence-corrected chi connectivity index (χ0v) is 14.4. The van der Waals surface area contributed by atoms with Crippen molar-refractivity contribution in [2.45, 2.75) is 26.9 Å².